The molecule has 0 radical (unpaired) electrons. The van der Waals surface area contributed by atoms with Gasteiger partial charge in [0, 0.05) is 16.8 Å². The molecule has 1 amide bonds. The van der Waals surface area contributed by atoms with Crippen LogP contribution in [0.4, 0.5) is 5.13 Å². The maximum atomic E-state index is 12.2. The summed E-state index contributed by atoms with van der Waals surface area (Å²) in [6.07, 6.45) is 4.44. The summed E-state index contributed by atoms with van der Waals surface area (Å²) in [6.45, 7) is 0. The van der Waals surface area contributed by atoms with E-state index in [2.05, 4.69) is 10.3 Å². The summed E-state index contributed by atoms with van der Waals surface area (Å²) >= 11 is 1.23. The first-order chi connectivity index (χ1) is 12.7. The number of para-hydroxylation sites is 1. The molecule has 6 nitrogen and oxygen atoms in total. The van der Waals surface area contributed by atoms with Crippen molar-refractivity contribution in [2.24, 2.45) is 0 Å². The molecule has 0 saturated heterocycles. The van der Waals surface area contributed by atoms with E-state index in [0.717, 1.165) is 5.39 Å². The SMILES string of the molecule is O=C(/C=C/c1ccco1)Nc1nc(-c2cc3ccccc3oc2=O)cs1. The molecule has 3 heterocycles. The van der Waals surface area contributed by atoms with Crippen molar-refractivity contribution in [1.29, 1.82) is 0 Å². The van der Waals surface area contributed by atoms with Crippen molar-refractivity contribution in [2.45, 2.75) is 0 Å². The third kappa shape index (κ3) is 3.33. The third-order valence-electron chi connectivity index (χ3n) is 3.59. The number of benzene rings is 1. The number of carbonyl (C=O) groups is 1. The lowest BCUT2D eigenvalue weighted by molar-refractivity contribution is -0.111. The summed E-state index contributed by atoms with van der Waals surface area (Å²) in [7, 11) is 0. The highest BCUT2D eigenvalue weighted by Crippen LogP contribution is 2.25. The Morgan fingerprint density at radius 2 is 2.08 bits per heavy atom. The predicted molar refractivity (Wildman–Crippen MR) is 100.0 cm³/mol. The minimum Gasteiger partial charge on any atom is -0.465 e. The van der Waals surface area contributed by atoms with E-state index in [1.165, 1.54) is 23.7 Å². The number of hydrogen-bond acceptors (Lipinski definition) is 6. The van der Waals surface area contributed by atoms with Gasteiger partial charge in [-0.3, -0.25) is 10.1 Å². The highest BCUT2D eigenvalue weighted by molar-refractivity contribution is 7.14. The van der Waals surface area contributed by atoms with Gasteiger partial charge in [-0.25, -0.2) is 9.78 Å². The lowest BCUT2D eigenvalue weighted by Gasteiger charge is -1.99. The van der Waals surface area contributed by atoms with Crippen LogP contribution in [-0.4, -0.2) is 10.9 Å². The van der Waals surface area contributed by atoms with E-state index in [0.29, 0.717) is 27.7 Å². The molecule has 3 aromatic heterocycles. The Morgan fingerprint density at radius 3 is 2.92 bits per heavy atom. The average Bonchev–Trinajstić information content (AvgIpc) is 3.31. The van der Waals surface area contributed by atoms with Crippen molar-refractivity contribution in [1.82, 2.24) is 4.98 Å². The Balaban J connectivity index is 1.55. The normalized spacial score (nSPS) is 11.2. The number of thiazole rings is 1. The summed E-state index contributed by atoms with van der Waals surface area (Å²) in [5, 5.41) is 5.56. The van der Waals surface area contributed by atoms with Crippen LogP contribution in [0.3, 0.4) is 0 Å². The zero-order valence-corrected chi connectivity index (χ0v) is 14.2. The average molecular weight is 364 g/mol. The quantitative estimate of drug-likeness (QED) is 0.434. The molecule has 4 aromatic rings. The lowest BCUT2D eigenvalue weighted by atomic mass is 10.1. The Hall–Kier alpha value is -3.45. The second kappa shape index (κ2) is 6.81. The summed E-state index contributed by atoms with van der Waals surface area (Å²) in [4.78, 5) is 28.4. The minimum atomic E-state index is -0.468. The zero-order chi connectivity index (χ0) is 17.9. The van der Waals surface area contributed by atoms with E-state index in [4.69, 9.17) is 8.83 Å². The van der Waals surface area contributed by atoms with Crippen LogP contribution in [0, 0.1) is 0 Å². The van der Waals surface area contributed by atoms with Gasteiger partial charge in [-0.2, -0.15) is 0 Å². The molecular formula is C19H12N2O4S. The van der Waals surface area contributed by atoms with Crippen LogP contribution in [0.1, 0.15) is 5.76 Å². The van der Waals surface area contributed by atoms with E-state index < -0.39 is 5.63 Å². The molecule has 0 atom stereocenters. The van der Waals surface area contributed by atoms with Gasteiger partial charge in [0.05, 0.1) is 17.5 Å². The fourth-order valence-corrected chi connectivity index (χ4v) is 3.10. The van der Waals surface area contributed by atoms with Crippen molar-refractivity contribution in [2.75, 3.05) is 5.32 Å². The van der Waals surface area contributed by atoms with E-state index in [1.54, 1.807) is 41.8 Å². The highest BCUT2D eigenvalue weighted by atomic mass is 32.1. The molecular weight excluding hydrogens is 352 g/mol. The third-order valence-corrected chi connectivity index (χ3v) is 4.35. The van der Waals surface area contributed by atoms with Gasteiger partial charge in [0.15, 0.2) is 5.13 Å². The van der Waals surface area contributed by atoms with Gasteiger partial charge in [0.2, 0.25) is 5.91 Å². The molecule has 26 heavy (non-hydrogen) atoms. The molecule has 0 spiro atoms. The summed E-state index contributed by atoms with van der Waals surface area (Å²) in [5.74, 6) is 0.238. The van der Waals surface area contributed by atoms with Crippen LogP contribution in [0.25, 0.3) is 28.3 Å². The van der Waals surface area contributed by atoms with E-state index >= 15 is 0 Å². The lowest BCUT2D eigenvalue weighted by Crippen LogP contribution is -2.07. The van der Waals surface area contributed by atoms with Gasteiger partial charge >= 0.3 is 5.63 Å². The molecule has 0 aliphatic carbocycles. The molecule has 1 N–H and O–H groups in total. The zero-order valence-electron chi connectivity index (χ0n) is 13.3. The second-order valence-corrected chi connectivity index (χ2v) is 6.22. The number of hydrogen-bond donors (Lipinski definition) is 1. The molecule has 0 unspecified atom stereocenters. The van der Waals surface area contributed by atoms with Crippen LogP contribution in [0.15, 0.2) is 73.8 Å². The monoisotopic (exact) mass is 364 g/mol. The maximum Gasteiger partial charge on any atom is 0.345 e. The largest absolute Gasteiger partial charge is 0.465 e. The van der Waals surface area contributed by atoms with Crippen molar-refractivity contribution in [3.8, 4) is 11.3 Å². The van der Waals surface area contributed by atoms with Gasteiger partial charge in [0.1, 0.15) is 11.3 Å². The van der Waals surface area contributed by atoms with Crippen molar-refractivity contribution in [3.63, 3.8) is 0 Å². The number of rotatable bonds is 4. The van der Waals surface area contributed by atoms with Gasteiger partial charge in [-0.15, -0.1) is 11.3 Å². The molecule has 0 aliphatic rings. The molecule has 4 rings (SSSR count). The molecule has 0 aliphatic heterocycles. The first-order valence-electron chi connectivity index (χ1n) is 7.70. The van der Waals surface area contributed by atoms with Crippen molar-refractivity contribution in [3.05, 3.63) is 76.4 Å². The summed E-state index contributed by atoms with van der Waals surface area (Å²) in [5.41, 5.74) is 0.865. The molecule has 1 aromatic carbocycles. The van der Waals surface area contributed by atoms with Crippen LogP contribution in [0.2, 0.25) is 0 Å². The molecule has 0 saturated carbocycles. The Labute approximate surface area is 151 Å². The Bertz CT molecular complexity index is 1160. The first-order valence-corrected chi connectivity index (χ1v) is 8.58. The number of carbonyl (C=O) groups excluding carboxylic acids is 1. The maximum absolute atomic E-state index is 12.2. The number of furan rings is 1. The number of anilines is 1. The standard InChI is InChI=1S/C19H12N2O4S/c22-17(8-7-13-5-3-9-24-13)21-19-20-15(11-26-19)14-10-12-4-1-2-6-16(12)25-18(14)23/h1-11H,(H,20,21,22)/b8-7+. The number of nitrogens with one attached hydrogen (secondary N) is 1. The number of fused-ring (bicyclic) bond motifs is 1. The van der Waals surface area contributed by atoms with Crippen LogP contribution in [0.5, 0.6) is 0 Å². The van der Waals surface area contributed by atoms with Crippen LogP contribution < -0.4 is 10.9 Å². The number of nitrogens with zero attached hydrogens (tertiary/aromatic N) is 1. The van der Waals surface area contributed by atoms with Gasteiger partial charge < -0.3 is 8.83 Å². The molecule has 0 fully saturated rings. The van der Waals surface area contributed by atoms with Crippen LogP contribution >= 0.6 is 11.3 Å². The van der Waals surface area contributed by atoms with Crippen molar-refractivity contribution < 1.29 is 13.6 Å². The predicted octanol–water partition coefficient (Wildman–Crippen LogP) is 4.16. The highest BCUT2D eigenvalue weighted by Gasteiger charge is 2.12. The first kappa shape index (κ1) is 16.0. The van der Waals surface area contributed by atoms with Gasteiger partial charge in [-0.1, -0.05) is 18.2 Å². The smallest absolute Gasteiger partial charge is 0.345 e. The van der Waals surface area contributed by atoms with Gasteiger partial charge in [-0.05, 0) is 30.3 Å². The minimum absolute atomic E-state index is 0.340. The molecule has 0 bridgehead atoms. The summed E-state index contributed by atoms with van der Waals surface area (Å²) < 4.78 is 10.4. The topological polar surface area (TPSA) is 85.3 Å². The summed E-state index contributed by atoms with van der Waals surface area (Å²) in [6, 6.07) is 12.5. The number of amides is 1. The Kier molecular flexibility index (Phi) is 4.20. The van der Waals surface area contributed by atoms with E-state index in [1.807, 2.05) is 12.1 Å². The van der Waals surface area contributed by atoms with Gasteiger partial charge in [0.25, 0.3) is 0 Å². The fraction of sp³-hybridized carbons (Fsp3) is 0. The molecule has 7 heteroatoms. The fourth-order valence-electron chi connectivity index (χ4n) is 2.39. The Morgan fingerprint density at radius 1 is 1.19 bits per heavy atom. The second-order valence-electron chi connectivity index (χ2n) is 5.36. The molecule has 128 valence electrons. The van der Waals surface area contributed by atoms with Crippen molar-refractivity contribution >= 4 is 39.4 Å². The van der Waals surface area contributed by atoms with E-state index in [-0.39, 0.29) is 5.91 Å². The van der Waals surface area contributed by atoms with Crippen LogP contribution in [-0.2, 0) is 4.79 Å². The number of aromatic nitrogens is 1. The van der Waals surface area contributed by atoms with E-state index in [9.17, 15) is 9.59 Å².